The molecule has 0 bridgehead atoms. The highest BCUT2D eigenvalue weighted by atomic mass is 16.2. The number of hydrogen-bond donors (Lipinski definition) is 0. The number of carbonyl (C=O) groups excluding carboxylic acids is 1. The van der Waals surface area contributed by atoms with Gasteiger partial charge < -0.3 is 9.80 Å². The fourth-order valence-electron chi connectivity index (χ4n) is 4.34. The average Bonchev–Trinajstić information content (AvgIpc) is 3.22. The molecule has 2 aromatic heterocycles. The van der Waals surface area contributed by atoms with Crippen molar-refractivity contribution in [2.24, 2.45) is 0 Å². The molecule has 0 radical (unpaired) electrons. The molecule has 0 N–H and O–H groups in total. The smallest absolute Gasteiger partial charge is 0.291 e. The van der Waals surface area contributed by atoms with Gasteiger partial charge in [0.1, 0.15) is 5.82 Å². The van der Waals surface area contributed by atoms with Crippen molar-refractivity contribution < 1.29 is 4.79 Å². The molecule has 0 aromatic carbocycles. The Morgan fingerprint density at radius 3 is 2.39 bits per heavy atom. The Morgan fingerprint density at radius 2 is 1.71 bits per heavy atom. The van der Waals surface area contributed by atoms with Crippen molar-refractivity contribution in [2.75, 3.05) is 50.7 Å². The first kappa shape index (κ1) is 19.1. The Labute approximate surface area is 166 Å². The normalized spacial score (nSPS) is 18.2. The quantitative estimate of drug-likeness (QED) is 0.809. The molecule has 1 amide bonds. The number of piperazine rings is 1. The van der Waals surface area contributed by atoms with Gasteiger partial charge in [0.25, 0.3) is 5.91 Å². The number of aromatic nitrogens is 3. The summed E-state index contributed by atoms with van der Waals surface area (Å²) in [5.41, 5.74) is 2.68. The number of nitrogens with zero attached hydrogens (tertiary/aromatic N) is 6. The summed E-state index contributed by atoms with van der Waals surface area (Å²) in [5, 5.41) is 0.983. The molecule has 7 heteroatoms. The third-order valence-electron chi connectivity index (χ3n) is 5.77. The number of hydrogen-bond acceptors (Lipinski definition) is 6. The Morgan fingerprint density at radius 1 is 1.00 bits per heavy atom. The summed E-state index contributed by atoms with van der Waals surface area (Å²) in [6, 6.07) is 2.07. The highest BCUT2D eigenvalue weighted by Gasteiger charge is 2.27. The second-order valence-corrected chi connectivity index (χ2v) is 7.98. The van der Waals surface area contributed by atoms with Crippen molar-refractivity contribution in [2.45, 2.75) is 40.0 Å². The number of carbonyl (C=O) groups is 1. The van der Waals surface area contributed by atoms with Gasteiger partial charge in [0, 0.05) is 45.0 Å². The van der Waals surface area contributed by atoms with Gasteiger partial charge in [-0.2, -0.15) is 0 Å². The van der Waals surface area contributed by atoms with Gasteiger partial charge in [-0.05, 0) is 51.3 Å². The van der Waals surface area contributed by atoms with E-state index in [-0.39, 0.29) is 11.7 Å². The topological polar surface area (TPSA) is 65.5 Å². The van der Waals surface area contributed by atoms with Gasteiger partial charge >= 0.3 is 0 Å². The second kappa shape index (κ2) is 7.99. The zero-order chi connectivity index (χ0) is 19.7. The fourth-order valence-corrected chi connectivity index (χ4v) is 4.34. The summed E-state index contributed by atoms with van der Waals surface area (Å²) in [6.07, 6.45) is 3.46. The highest BCUT2D eigenvalue weighted by molar-refractivity contribution is 5.97. The third-order valence-corrected chi connectivity index (χ3v) is 5.77. The molecule has 0 aliphatic carbocycles. The van der Waals surface area contributed by atoms with Gasteiger partial charge in [0.2, 0.25) is 5.82 Å². The summed E-state index contributed by atoms with van der Waals surface area (Å²) in [4.78, 5) is 33.8. The van der Waals surface area contributed by atoms with E-state index in [1.54, 1.807) is 0 Å². The maximum absolute atomic E-state index is 13.2. The fraction of sp³-hybridized carbons (Fsp3) is 0.619. The molecule has 0 saturated carbocycles. The lowest BCUT2D eigenvalue weighted by Crippen LogP contribution is -2.49. The number of anilines is 1. The number of aryl methyl sites for hydroxylation is 2. The lowest BCUT2D eigenvalue weighted by atomic mass is 10.1. The highest BCUT2D eigenvalue weighted by Crippen LogP contribution is 2.29. The molecule has 0 atom stereocenters. The minimum atomic E-state index is -0.0699. The number of pyridine rings is 1. The minimum Gasteiger partial charge on any atom is -0.356 e. The average molecular weight is 383 g/mol. The molecule has 2 fully saturated rings. The molecular formula is C21H30N6O. The maximum Gasteiger partial charge on any atom is 0.291 e. The molecule has 4 rings (SSSR count). The summed E-state index contributed by atoms with van der Waals surface area (Å²) < 4.78 is 0. The first-order valence-corrected chi connectivity index (χ1v) is 10.5. The van der Waals surface area contributed by atoms with Crippen LogP contribution >= 0.6 is 0 Å². The maximum atomic E-state index is 13.2. The van der Waals surface area contributed by atoms with Crippen LogP contribution in [0, 0.1) is 13.8 Å². The number of fused-ring (bicyclic) bond motifs is 1. The Balaban J connectivity index is 1.68. The standard InChI is InChI=1S/C21H30N6O/c1-4-7-25-10-12-27(13-11-25)21(28)19-23-18-17(15(2)14-16(3)22-18)20(24-19)26-8-5-6-9-26/h14H,4-13H2,1-3H3. The van der Waals surface area contributed by atoms with Crippen LogP contribution in [0.2, 0.25) is 0 Å². The van der Waals surface area contributed by atoms with E-state index in [1.807, 2.05) is 11.8 Å². The summed E-state index contributed by atoms with van der Waals surface area (Å²) in [6.45, 7) is 12.6. The van der Waals surface area contributed by atoms with Gasteiger partial charge in [-0.15, -0.1) is 0 Å². The van der Waals surface area contributed by atoms with E-state index in [0.717, 1.165) is 87.5 Å². The Kier molecular flexibility index (Phi) is 5.44. The lowest BCUT2D eigenvalue weighted by Gasteiger charge is -2.34. The molecule has 2 saturated heterocycles. The number of rotatable bonds is 4. The van der Waals surface area contributed by atoms with Crippen LogP contribution in [0.4, 0.5) is 5.82 Å². The summed E-state index contributed by atoms with van der Waals surface area (Å²) >= 11 is 0. The molecule has 0 spiro atoms. The van der Waals surface area contributed by atoms with E-state index in [2.05, 4.69) is 39.7 Å². The zero-order valence-corrected chi connectivity index (χ0v) is 17.2. The van der Waals surface area contributed by atoms with E-state index in [9.17, 15) is 4.79 Å². The second-order valence-electron chi connectivity index (χ2n) is 7.98. The van der Waals surface area contributed by atoms with Gasteiger partial charge in [0.05, 0.1) is 5.39 Å². The summed E-state index contributed by atoms with van der Waals surface area (Å²) in [5.74, 6) is 1.09. The van der Waals surface area contributed by atoms with Crippen LogP contribution < -0.4 is 4.90 Å². The van der Waals surface area contributed by atoms with Crippen LogP contribution in [0.1, 0.15) is 48.1 Å². The van der Waals surface area contributed by atoms with E-state index in [0.29, 0.717) is 5.65 Å². The lowest BCUT2D eigenvalue weighted by molar-refractivity contribution is 0.0626. The van der Waals surface area contributed by atoms with Crippen LogP contribution in [-0.2, 0) is 0 Å². The van der Waals surface area contributed by atoms with Crippen molar-refractivity contribution >= 4 is 22.8 Å². The predicted molar refractivity (Wildman–Crippen MR) is 111 cm³/mol. The molecule has 0 unspecified atom stereocenters. The van der Waals surface area contributed by atoms with Crippen LogP contribution in [0.25, 0.3) is 11.0 Å². The van der Waals surface area contributed by atoms with Gasteiger partial charge in [0.15, 0.2) is 5.65 Å². The van der Waals surface area contributed by atoms with Crippen LogP contribution in [-0.4, -0.2) is 76.5 Å². The minimum absolute atomic E-state index is 0.0699. The molecule has 2 aromatic rings. The SMILES string of the molecule is CCCN1CCN(C(=O)c2nc(N3CCCC3)c3c(C)cc(C)nc3n2)CC1. The molecule has 150 valence electrons. The van der Waals surface area contributed by atoms with Crippen LogP contribution in [0.5, 0.6) is 0 Å². The molecule has 2 aliphatic rings. The molecule has 4 heterocycles. The van der Waals surface area contributed by atoms with Gasteiger partial charge in [-0.3, -0.25) is 9.69 Å². The van der Waals surface area contributed by atoms with Crippen molar-refractivity contribution in [1.29, 1.82) is 0 Å². The van der Waals surface area contributed by atoms with E-state index in [4.69, 9.17) is 4.98 Å². The number of amides is 1. The van der Waals surface area contributed by atoms with Crippen LogP contribution in [0.15, 0.2) is 6.07 Å². The summed E-state index contributed by atoms with van der Waals surface area (Å²) in [7, 11) is 0. The molecule has 2 aliphatic heterocycles. The van der Waals surface area contributed by atoms with Crippen molar-refractivity contribution in [3.8, 4) is 0 Å². The largest absolute Gasteiger partial charge is 0.356 e. The third kappa shape index (κ3) is 3.68. The Bertz CT molecular complexity index is 869. The molecule has 28 heavy (non-hydrogen) atoms. The van der Waals surface area contributed by atoms with E-state index >= 15 is 0 Å². The molecule has 7 nitrogen and oxygen atoms in total. The first-order chi connectivity index (χ1) is 13.6. The monoisotopic (exact) mass is 382 g/mol. The van der Waals surface area contributed by atoms with Crippen molar-refractivity contribution in [1.82, 2.24) is 24.8 Å². The van der Waals surface area contributed by atoms with E-state index < -0.39 is 0 Å². The molecular weight excluding hydrogens is 352 g/mol. The van der Waals surface area contributed by atoms with Gasteiger partial charge in [-0.25, -0.2) is 15.0 Å². The van der Waals surface area contributed by atoms with Crippen molar-refractivity contribution in [3.63, 3.8) is 0 Å². The Hall–Kier alpha value is -2.28. The van der Waals surface area contributed by atoms with E-state index in [1.165, 1.54) is 0 Å². The zero-order valence-electron chi connectivity index (χ0n) is 17.2. The first-order valence-electron chi connectivity index (χ1n) is 10.5. The predicted octanol–water partition coefficient (Wildman–Crippen LogP) is 2.41. The van der Waals surface area contributed by atoms with Gasteiger partial charge in [-0.1, -0.05) is 6.92 Å². The van der Waals surface area contributed by atoms with Crippen molar-refractivity contribution in [3.05, 3.63) is 23.1 Å². The van der Waals surface area contributed by atoms with Crippen LogP contribution in [0.3, 0.4) is 0 Å².